The van der Waals surface area contributed by atoms with Gasteiger partial charge < -0.3 is 98.1 Å². The Labute approximate surface area is 705 Å². The number of amides is 3. The highest BCUT2D eigenvalue weighted by atomic mass is 16.6. The van der Waals surface area contributed by atoms with Crippen LogP contribution in [0.2, 0.25) is 0 Å². The van der Waals surface area contributed by atoms with Gasteiger partial charge in [-0.15, -0.1) is 0 Å². The zero-order valence-electron chi connectivity index (χ0n) is 71.2. The van der Waals surface area contributed by atoms with Crippen LogP contribution in [0.1, 0.15) is 167 Å². The second-order valence-electron chi connectivity index (χ2n) is 31.9. The van der Waals surface area contributed by atoms with Gasteiger partial charge in [-0.3, -0.25) is 24.0 Å². The maximum atomic E-state index is 13.3. The fourth-order valence-electron chi connectivity index (χ4n) is 15.7. The van der Waals surface area contributed by atoms with Crippen LogP contribution in [0.25, 0.3) is 33.4 Å². The zero-order chi connectivity index (χ0) is 85.4. The number of aromatic nitrogens is 5. The highest BCUT2D eigenvalue weighted by Crippen LogP contribution is 2.36. The van der Waals surface area contributed by atoms with Gasteiger partial charge in [0.1, 0.15) is 41.3 Å². The fourth-order valence-corrected chi connectivity index (χ4v) is 15.7. The first-order valence-electron chi connectivity index (χ1n) is 43.0. The monoisotopic (exact) mass is 1670 g/mol. The summed E-state index contributed by atoms with van der Waals surface area (Å²) >= 11 is 0. The van der Waals surface area contributed by atoms with Gasteiger partial charge in [-0.05, 0) is 174 Å². The highest BCUT2D eigenvalue weighted by molar-refractivity contribution is 6.38. The van der Waals surface area contributed by atoms with Crippen molar-refractivity contribution in [2.75, 3.05) is 150 Å². The molecule has 5 aromatic rings. The van der Waals surface area contributed by atoms with Crippen molar-refractivity contribution in [1.82, 2.24) is 39.8 Å². The van der Waals surface area contributed by atoms with Gasteiger partial charge in [0, 0.05) is 70.6 Å². The molecule has 1 saturated carbocycles. The molecule has 2 aromatic carbocycles. The highest BCUT2D eigenvalue weighted by Gasteiger charge is 2.47. The van der Waals surface area contributed by atoms with Crippen LogP contribution >= 0.6 is 0 Å². The van der Waals surface area contributed by atoms with Crippen LogP contribution < -0.4 is 16.8 Å². The van der Waals surface area contributed by atoms with Crippen molar-refractivity contribution in [2.24, 2.45) is 23.7 Å². The van der Waals surface area contributed by atoms with E-state index in [-0.39, 0.29) is 73.0 Å². The Kier molecular flexibility index (Phi) is 40.9. The Morgan fingerprint density at radius 1 is 0.717 bits per heavy atom. The van der Waals surface area contributed by atoms with Crippen molar-refractivity contribution in [3.8, 4) is 11.3 Å². The third kappa shape index (κ3) is 31.8. The molecule has 3 aliphatic heterocycles. The van der Waals surface area contributed by atoms with E-state index < -0.39 is 35.8 Å². The average Bonchev–Trinajstić information content (AvgIpc) is 1.60. The van der Waals surface area contributed by atoms with Crippen LogP contribution in [-0.4, -0.2) is 256 Å². The van der Waals surface area contributed by atoms with Gasteiger partial charge in [-0.1, -0.05) is 75.4 Å². The number of ether oxygens (including phenoxy) is 12. The molecule has 4 aliphatic rings. The number of nitrogens with one attached hydrogen (secondary N) is 1. The van der Waals surface area contributed by atoms with E-state index in [1.165, 1.54) is 16.8 Å². The molecule has 662 valence electrons. The van der Waals surface area contributed by atoms with E-state index in [1.807, 2.05) is 78.9 Å². The molecular weight excluding hydrogens is 1550 g/mol. The number of hydrogen-bond donors (Lipinski definition) is 5. The molecule has 7 N–H and O–H groups in total. The van der Waals surface area contributed by atoms with Crippen molar-refractivity contribution in [2.45, 2.75) is 206 Å². The first kappa shape index (κ1) is 95.4. The Morgan fingerprint density at radius 2 is 1.38 bits per heavy atom. The number of carbonyl (C=O) groups excluding carboxylic acids is 6. The molecule has 0 radical (unpaired) electrons. The molecule has 1 unspecified atom stereocenters. The van der Waals surface area contributed by atoms with Gasteiger partial charge in [0.05, 0.1) is 142 Å². The number of allylic oxidation sites excluding steroid dienone is 6. The Balaban J connectivity index is 0.497. The van der Waals surface area contributed by atoms with Gasteiger partial charge >= 0.3 is 6.09 Å². The number of methoxy groups -OCH3 is 1. The third-order valence-corrected chi connectivity index (χ3v) is 22.6. The quantitative estimate of drug-likeness (QED) is 0.00793. The summed E-state index contributed by atoms with van der Waals surface area (Å²) < 4.78 is 75.1. The number of likely N-dealkylation sites (tertiary alicyclic amines) is 1. The van der Waals surface area contributed by atoms with E-state index in [1.54, 1.807) is 13.2 Å². The number of oxazole rings is 1. The lowest BCUT2D eigenvalue weighted by atomic mass is 9.83. The van der Waals surface area contributed by atoms with E-state index in [2.05, 4.69) is 52.3 Å². The number of nitrogens with zero attached hydrogens (tertiary/aromatic N) is 7. The topological polar surface area (TPSA) is 394 Å². The van der Waals surface area contributed by atoms with Gasteiger partial charge in [-0.25, -0.2) is 19.4 Å². The molecule has 3 amide bonds. The molecule has 0 bridgehead atoms. The van der Waals surface area contributed by atoms with E-state index in [0.29, 0.717) is 223 Å². The lowest BCUT2D eigenvalue weighted by Crippen LogP contribution is -2.55. The molecule has 8 atom stereocenters. The second kappa shape index (κ2) is 51.5. The largest absolute Gasteiger partial charge is 0.465 e. The second-order valence-corrected chi connectivity index (χ2v) is 31.9. The number of aliphatic hydroxyl groups excluding tert-OH is 1. The molecule has 31 heteroatoms. The van der Waals surface area contributed by atoms with E-state index in [0.717, 1.165) is 98.5 Å². The predicted octanol–water partition coefficient (Wildman–Crippen LogP) is 10.5. The van der Waals surface area contributed by atoms with Crippen molar-refractivity contribution in [3.05, 3.63) is 107 Å². The number of benzene rings is 2. The zero-order valence-corrected chi connectivity index (χ0v) is 71.2. The van der Waals surface area contributed by atoms with E-state index >= 15 is 0 Å². The molecule has 3 aromatic heterocycles. The van der Waals surface area contributed by atoms with Gasteiger partial charge in [-0.2, -0.15) is 10.1 Å². The maximum Gasteiger partial charge on any atom is 0.407 e. The lowest BCUT2D eigenvalue weighted by Gasteiger charge is -2.38. The molecule has 2 saturated heterocycles. The van der Waals surface area contributed by atoms with Crippen LogP contribution in [0, 0.1) is 23.7 Å². The average molecular weight is 1680 g/mol. The molecule has 120 heavy (non-hydrogen) atoms. The molecule has 1 aliphatic carbocycles. The summed E-state index contributed by atoms with van der Waals surface area (Å²) in [6, 6.07) is 11.9. The van der Waals surface area contributed by atoms with E-state index in [9.17, 15) is 39.0 Å². The maximum absolute atomic E-state index is 13.3. The summed E-state index contributed by atoms with van der Waals surface area (Å²) in [6.07, 6.45) is 23.2. The normalized spacial score (nSPS) is 19.6. The number of rotatable bonds is 55. The molecule has 3 fully saturated rings. The number of nitrogen functional groups attached to an aromatic ring is 2. The minimum atomic E-state index is -2.13. The smallest absolute Gasteiger partial charge is 0.407 e. The summed E-state index contributed by atoms with van der Waals surface area (Å²) in [4.78, 5) is 93.1. The number of anilines is 2. The standard InChI is InChI=1S/C89H130N10O21/c1-62(14-9-7-10-15-64(3)79(108-6)56-74-16-13-31-89(107,120-74)83(104)86(105)97-33-11-8-12-34-97)52-65(4)76(101)57-77(102)66(5)53-63(2)17-24-72(117-61-100)25-19-67-20-26-73(27-21-67)118-88(106)92-32-37-110-39-41-112-43-45-114-47-49-116-51-50-115-48-46-113-44-42-111-40-38-109-36-30-80(103)98-35-29-69-54-68(18-22-71(69)59-98)58-99-85-81(84(90)93-60-94-85)82(96-99)70-23-28-78-75(55-70)95-87(91)119-78/h7,9-10,14-15,18,22-23,28,53-55,60-63,65,67,72-74,77,79,102,107H,8,11-13,16-17,19-21,24-27,29-52,56-59H2,1-6H3,(H2,91,95)(H,92,106)(H2,90,93,94)/b10-7+,14-9+,64-15+,66-53+/t62-,63+,65-,67?,72+,73?,74?,77+,79+,89-/m1/s1. The summed E-state index contributed by atoms with van der Waals surface area (Å²) in [7, 11) is 1.61. The first-order valence-corrected chi connectivity index (χ1v) is 43.0. The summed E-state index contributed by atoms with van der Waals surface area (Å²) in [6.45, 7) is 19.7. The molecule has 9 rings (SSSR count). The Morgan fingerprint density at radius 3 is 2.05 bits per heavy atom. The van der Waals surface area contributed by atoms with E-state index in [4.69, 9.17) is 77.8 Å². The number of alkyl carbamates (subject to hydrolysis) is 1. The number of carbonyl (C=O) groups is 6. The van der Waals surface area contributed by atoms with Crippen LogP contribution in [0.15, 0.2) is 94.7 Å². The van der Waals surface area contributed by atoms with Gasteiger partial charge in [0.25, 0.3) is 24.2 Å². The van der Waals surface area contributed by atoms with Gasteiger partial charge in [0.2, 0.25) is 11.7 Å². The van der Waals surface area contributed by atoms with Crippen molar-refractivity contribution < 1.29 is 100 Å². The number of piperidine rings is 1. The van der Waals surface area contributed by atoms with Crippen molar-refractivity contribution in [3.63, 3.8) is 0 Å². The van der Waals surface area contributed by atoms with Crippen LogP contribution in [0.4, 0.5) is 16.6 Å². The lowest BCUT2D eigenvalue weighted by molar-refractivity contribution is -0.244. The molecule has 6 heterocycles. The summed E-state index contributed by atoms with van der Waals surface area (Å²) in [5.74, 6) is -2.93. The van der Waals surface area contributed by atoms with Crippen LogP contribution in [-0.2, 0) is 100 Å². The van der Waals surface area contributed by atoms with Crippen molar-refractivity contribution in [1.29, 1.82) is 0 Å². The molecular formula is C89H130N10O21. The molecule has 0 spiro atoms. The minimum absolute atomic E-state index is 0.00108. The summed E-state index contributed by atoms with van der Waals surface area (Å²) in [5.41, 5.74) is 20.4. The number of aliphatic hydroxyl groups is 2. The van der Waals surface area contributed by atoms with Gasteiger partial charge in [0.15, 0.2) is 11.2 Å². The molecule has 31 nitrogen and oxygen atoms in total. The number of fused-ring (bicyclic) bond motifs is 3. The number of ketones is 2. The predicted molar refractivity (Wildman–Crippen MR) is 451 cm³/mol. The fraction of sp³-hybridized carbons (Fsp3) is 0.640. The van der Waals surface area contributed by atoms with Crippen LogP contribution in [0.5, 0.6) is 0 Å². The Hall–Kier alpha value is -8.44. The Bertz CT molecular complexity index is 4120. The number of hydrogen-bond acceptors (Lipinski definition) is 27. The number of Topliss-reactive ketones (excluding diaryl/α,β-unsaturated/α-hetero) is 2. The number of nitrogens with two attached hydrogens (primary N) is 2. The van der Waals surface area contributed by atoms with Crippen LogP contribution in [0.3, 0.4) is 0 Å². The minimum Gasteiger partial charge on any atom is -0.465 e. The first-order chi connectivity index (χ1) is 58.2. The van der Waals surface area contributed by atoms with Crippen molar-refractivity contribution >= 4 is 69.9 Å². The SMILES string of the molecule is CO[C@@H](CC1CCC[C@](O)(C(=O)C(=O)N2CCCCC2)O1)/C(C)=C/C=C/C=C/[C@@H](C)C[C@@H](C)C(=O)C[C@H](O)/C(C)=C/[C@@H](C)CC[C@@H](CCC1CCC(OC(=O)NCCOCCOCCOCCOCCOCCOCCOCCOCCC(=O)N2CCc3cc(Cn4nc(-c5ccc6oc(N)nc6c5)c5c(N)ncnc54)ccc3C2)CC1)OC=O. The summed E-state index contributed by atoms with van der Waals surface area (Å²) in [5, 5.41) is 30.6. The third-order valence-electron chi connectivity index (χ3n) is 22.6.